The van der Waals surface area contributed by atoms with Crippen LogP contribution in [0, 0.1) is 5.92 Å². The number of alkyl halides is 9. The molecule has 1 fully saturated rings. The van der Waals surface area contributed by atoms with E-state index in [1.807, 2.05) is 5.43 Å². The Balaban J connectivity index is 2.49. The Hall–Kier alpha value is -1.98. The molecule has 0 aromatic heterocycles. The smallest absolute Gasteiger partial charge is 0.272 e. The van der Waals surface area contributed by atoms with Gasteiger partial charge in [0.05, 0.1) is 16.8 Å². The zero-order valence-corrected chi connectivity index (χ0v) is 11.3. The molecule has 1 aliphatic heterocycles. The lowest BCUT2D eigenvalue weighted by atomic mass is 10.1. The Kier molecular flexibility index (Phi) is 4.23. The minimum atomic E-state index is -5.18. The molecule has 1 N–H and O–H groups in total. The third-order valence-corrected chi connectivity index (χ3v) is 3.20. The highest BCUT2D eigenvalue weighted by atomic mass is 19.4. The van der Waals surface area contributed by atoms with Gasteiger partial charge < -0.3 is 0 Å². The third kappa shape index (κ3) is 3.57. The lowest BCUT2D eigenvalue weighted by Crippen LogP contribution is -2.37. The Bertz CT molecular complexity index is 615. The molecule has 0 spiro atoms. The van der Waals surface area contributed by atoms with Gasteiger partial charge in [-0.3, -0.25) is 4.79 Å². The van der Waals surface area contributed by atoms with Gasteiger partial charge in [0.1, 0.15) is 5.92 Å². The molecule has 0 saturated carbocycles. The van der Waals surface area contributed by atoms with Crippen LogP contribution < -0.4 is 10.4 Å². The predicted molar refractivity (Wildman–Crippen MR) is 61.5 cm³/mol. The van der Waals surface area contributed by atoms with Crippen molar-refractivity contribution in [2.45, 2.75) is 18.5 Å². The number of anilines is 1. The molecule has 2 rings (SSSR count). The van der Waals surface area contributed by atoms with Gasteiger partial charge in [0.15, 0.2) is 0 Å². The van der Waals surface area contributed by atoms with E-state index in [2.05, 4.69) is 0 Å². The number of hydrogen-bond acceptors (Lipinski definition) is 2. The summed E-state index contributed by atoms with van der Waals surface area (Å²) in [5.41, 5.74) is -2.59. The van der Waals surface area contributed by atoms with E-state index in [0.29, 0.717) is 0 Å². The van der Waals surface area contributed by atoms with Gasteiger partial charge in [-0.15, -0.1) is 0 Å². The molecule has 3 nitrogen and oxygen atoms in total. The van der Waals surface area contributed by atoms with Crippen LogP contribution in [-0.4, -0.2) is 18.6 Å². The van der Waals surface area contributed by atoms with Crippen molar-refractivity contribution in [2.24, 2.45) is 5.92 Å². The molecule has 1 saturated heterocycles. The maximum atomic E-state index is 12.7. The Morgan fingerprint density at radius 3 is 1.67 bits per heavy atom. The summed E-state index contributed by atoms with van der Waals surface area (Å²) < 4.78 is 114. The first-order valence-corrected chi connectivity index (χ1v) is 6.15. The monoisotopic (exact) mass is 366 g/mol. The summed E-state index contributed by atoms with van der Waals surface area (Å²) in [4.78, 5) is 11.7. The molecule has 0 radical (unpaired) electrons. The second kappa shape index (κ2) is 5.53. The van der Waals surface area contributed by atoms with Crippen LogP contribution in [0.15, 0.2) is 18.2 Å². The van der Waals surface area contributed by atoms with Gasteiger partial charge >= 0.3 is 18.5 Å². The molecule has 1 aliphatic rings. The normalized spacial score (nSPS) is 20.0. The van der Waals surface area contributed by atoms with Crippen LogP contribution in [0.3, 0.4) is 0 Å². The summed E-state index contributed by atoms with van der Waals surface area (Å²) in [6, 6.07) is 0.142. The van der Waals surface area contributed by atoms with E-state index < -0.39 is 53.7 Å². The molecule has 0 bridgehead atoms. The fourth-order valence-corrected chi connectivity index (χ4v) is 2.05. The minimum Gasteiger partial charge on any atom is -0.272 e. The SMILES string of the molecule is O=C1C(C(F)(F)F)CNN1c1cc(C(F)(F)F)cc(C(F)(F)F)c1. The van der Waals surface area contributed by atoms with Crippen LogP contribution in [0.1, 0.15) is 11.1 Å². The molecule has 1 unspecified atom stereocenters. The van der Waals surface area contributed by atoms with Crippen molar-refractivity contribution in [1.29, 1.82) is 0 Å². The molecule has 0 aliphatic carbocycles. The van der Waals surface area contributed by atoms with Crippen molar-refractivity contribution >= 4 is 11.6 Å². The Labute approximate surface area is 128 Å². The van der Waals surface area contributed by atoms with Crippen molar-refractivity contribution in [2.75, 3.05) is 11.6 Å². The second-order valence-corrected chi connectivity index (χ2v) is 4.89. The molecule has 1 heterocycles. The van der Waals surface area contributed by atoms with Crippen LogP contribution in [0.25, 0.3) is 0 Å². The van der Waals surface area contributed by atoms with Gasteiger partial charge in [0.25, 0.3) is 5.91 Å². The van der Waals surface area contributed by atoms with Crippen molar-refractivity contribution in [3.05, 3.63) is 29.3 Å². The highest BCUT2D eigenvalue weighted by Crippen LogP contribution is 2.39. The highest BCUT2D eigenvalue weighted by molar-refractivity contribution is 5.97. The van der Waals surface area contributed by atoms with Crippen molar-refractivity contribution < 1.29 is 44.3 Å². The molecular formula is C12H7F9N2O. The first-order chi connectivity index (χ1) is 10.7. The second-order valence-electron chi connectivity index (χ2n) is 4.89. The Morgan fingerprint density at radius 1 is 0.875 bits per heavy atom. The largest absolute Gasteiger partial charge is 0.416 e. The van der Waals surface area contributed by atoms with Gasteiger partial charge in [0, 0.05) is 6.54 Å². The number of carbonyl (C=O) groups excluding carboxylic acids is 1. The quantitative estimate of drug-likeness (QED) is 0.768. The number of rotatable bonds is 1. The fourth-order valence-electron chi connectivity index (χ4n) is 2.05. The number of nitrogens with one attached hydrogen (secondary N) is 1. The van der Waals surface area contributed by atoms with Crippen LogP contribution >= 0.6 is 0 Å². The van der Waals surface area contributed by atoms with Crippen LogP contribution in [0.5, 0.6) is 0 Å². The summed E-state index contributed by atoms with van der Waals surface area (Å²) in [6.45, 7) is -0.986. The molecular weight excluding hydrogens is 359 g/mol. The molecule has 24 heavy (non-hydrogen) atoms. The third-order valence-electron chi connectivity index (χ3n) is 3.20. The number of hydrazine groups is 1. The summed E-state index contributed by atoms with van der Waals surface area (Å²) in [7, 11) is 0. The maximum Gasteiger partial charge on any atom is 0.416 e. The van der Waals surface area contributed by atoms with E-state index in [9.17, 15) is 44.3 Å². The lowest BCUT2D eigenvalue weighted by molar-refractivity contribution is -0.174. The van der Waals surface area contributed by atoms with Crippen molar-refractivity contribution in [3.8, 4) is 0 Å². The summed E-state index contributed by atoms with van der Waals surface area (Å²) in [5, 5.41) is 0.0443. The predicted octanol–water partition coefficient (Wildman–Crippen LogP) is 3.75. The van der Waals surface area contributed by atoms with E-state index >= 15 is 0 Å². The number of benzene rings is 1. The highest BCUT2D eigenvalue weighted by Gasteiger charge is 2.51. The first kappa shape index (κ1) is 18.4. The van der Waals surface area contributed by atoms with Gasteiger partial charge in [-0.05, 0) is 18.2 Å². The minimum absolute atomic E-state index is 0.0443. The average molecular weight is 366 g/mol. The van der Waals surface area contributed by atoms with Crippen molar-refractivity contribution in [3.63, 3.8) is 0 Å². The van der Waals surface area contributed by atoms with Crippen molar-refractivity contribution in [1.82, 2.24) is 5.43 Å². The number of hydrogen-bond donors (Lipinski definition) is 1. The van der Waals surface area contributed by atoms with E-state index in [-0.39, 0.29) is 23.2 Å². The number of halogens is 9. The van der Waals surface area contributed by atoms with E-state index in [4.69, 9.17) is 0 Å². The molecule has 134 valence electrons. The Morgan fingerprint density at radius 2 is 1.33 bits per heavy atom. The van der Waals surface area contributed by atoms with Crippen LogP contribution in [0.2, 0.25) is 0 Å². The van der Waals surface area contributed by atoms with E-state index in [1.54, 1.807) is 0 Å². The average Bonchev–Trinajstić information content (AvgIpc) is 2.78. The van der Waals surface area contributed by atoms with Gasteiger partial charge in [-0.2, -0.15) is 39.5 Å². The lowest BCUT2D eigenvalue weighted by Gasteiger charge is -2.20. The molecule has 12 heteroatoms. The summed E-state index contributed by atoms with van der Waals surface area (Å²) in [6.07, 6.45) is -15.3. The zero-order chi connectivity index (χ0) is 18.5. The molecule has 1 atom stereocenters. The molecule has 1 aromatic carbocycles. The summed E-state index contributed by atoms with van der Waals surface area (Å²) >= 11 is 0. The van der Waals surface area contributed by atoms with Gasteiger partial charge in [-0.25, -0.2) is 10.4 Å². The molecule has 1 aromatic rings. The topological polar surface area (TPSA) is 32.3 Å². The fraction of sp³-hybridized carbons (Fsp3) is 0.417. The van der Waals surface area contributed by atoms with Crippen LogP contribution in [0.4, 0.5) is 45.2 Å². The number of nitrogens with zero attached hydrogens (tertiary/aromatic N) is 1. The van der Waals surface area contributed by atoms with Gasteiger partial charge in [0.2, 0.25) is 0 Å². The maximum absolute atomic E-state index is 12.7. The summed E-state index contributed by atoms with van der Waals surface area (Å²) in [5.74, 6) is -4.24. The zero-order valence-electron chi connectivity index (χ0n) is 11.3. The first-order valence-electron chi connectivity index (χ1n) is 6.15. The van der Waals surface area contributed by atoms with E-state index in [1.165, 1.54) is 0 Å². The van der Waals surface area contributed by atoms with Gasteiger partial charge in [-0.1, -0.05) is 0 Å². The van der Waals surface area contributed by atoms with Crippen LogP contribution in [-0.2, 0) is 17.1 Å². The molecule has 1 amide bonds. The standard InChI is InChI=1S/C12H7F9N2O/c13-10(14,15)5-1-6(11(16,17)18)3-7(2-5)23-9(24)8(4-22-23)12(19,20)21/h1-3,8,22H,4H2. The van der Waals surface area contributed by atoms with E-state index in [0.717, 1.165) is 0 Å². The number of amides is 1. The number of carbonyl (C=O) groups is 1.